The number of fused-ring (bicyclic) bond motifs is 1. The number of anilines is 1. The van der Waals surface area contributed by atoms with Gasteiger partial charge in [-0.15, -0.1) is 0 Å². The minimum absolute atomic E-state index is 0.628. The van der Waals surface area contributed by atoms with E-state index in [1.165, 1.54) is 12.2 Å². The summed E-state index contributed by atoms with van der Waals surface area (Å²) in [5.74, 6) is 0. The molecule has 18 heavy (non-hydrogen) atoms. The fourth-order valence-corrected chi connectivity index (χ4v) is 2.85. The summed E-state index contributed by atoms with van der Waals surface area (Å²) in [7, 11) is 0. The summed E-state index contributed by atoms with van der Waals surface area (Å²) in [4.78, 5) is 5.01. The molecule has 0 amide bonds. The van der Waals surface area contributed by atoms with E-state index in [0.29, 0.717) is 6.04 Å². The van der Waals surface area contributed by atoms with Crippen molar-refractivity contribution in [1.29, 1.82) is 5.26 Å². The maximum atomic E-state index is 8.81. The van der Waals surface area contributed by atoms with Crippen LogP contribution in [-0.2, 0) is 0 Å². The van der Waals surface area contributed by atoms with E-state index in [0.717, 1.165) is 38.3 Å². The summed E-state index contributed by atoms with van der Waals surface area (Å²) in [6.45, 7) is 6.69. The highest BCUT2D eigenvalue weighted by atomic mass is 15.3. The van der Waals surface area contributed by atoms with Gasteiger partial charge in [-0.2, -0.15) is 5.26 Å². The van der Waals surface area contributed by atoms with Crippen LogP contribution in [-0.4, -0.2) is 50.2 Å². The maximum Gasteiger partial charge on any atom is 0.0991 e. The van der Waals surface area contributed by atoms with E-state index in [1.54, 1.807) is 0 Å². The Morgan fingerprint density at radius 1 is 1.17 bits per heavy atom. The molecule has 3 rings (SSSR count). The summed E-state index contributed by atoms with van der Waals surface area (Å²) in [5.41, 5.74) is 1.97. The van der Waals surface area contributed by atoms with Gasteiger partial charge < -0.3 is 10.2 Å². The number of benzene rings is 1. The van der Waals surface area contributed by atoms with Gasteiger partial charge in [0.05, 0.1) is 11.6 Å². The maximum absolute atomic E-state index is 8.81. The van der Waals surface area contributed by atoms with Crippen LogP contribution in [0.5, 0.6) is 0 Å². The summed E-state index contributed by atoms with van der Waals surface area (Å²) in [6, 6.07) is 10.7. The lowest BCUT2D eigenvalue weighted by Crippen LogP contribution is -2.61. The van der Waals surface area contributed by atoms with Crippen molar-refractivity contribution in [3.8, 4) is 6.07 Å². The zero-order valence-electron chi connectivity index (χ0n) is 10.5. The Hall–Kier alpha value is -1.57. The molecule has 1 unspecified atom stereocenters. The smallest absolute Gasteiger partial charge is 0.0991 e. The average Bonchev–Trinajstić information content (AvgIpc) is 2.47. The number of nitrogens with one attached hydrogen (secondary N) is 1. The zero-order chi connectivity index (χ0) is 12.4. The number of rotatable bonds is 1. The van der Waals surface area contributed by atoms with E-state index in [-0.39, 0.29) is 0 Å². The molecule has 2 aliphatic rings. The Morgan fingerprint density at radius 2 is 2.00 bits per heavy atom. The molecule has 0 radical (unpaired) electrons. The second-order valence-electron chi connectivity index (χ2n) is 5.00. The molecular weight excluding hydrogens is 224 g/mol. The molecule has 1 aromatic rings. The first kappa shape index (κ1) is 11.5. The Kier molecular flexibility index (Phi) is 3.18. The van der Waals surface area contributed by atoms with E-state index in [2.05, 4.69) is 33.3 Å². The van der Waals surface area contributed by atoms with Crippen molar-refractivity contribution in [2.75, 3.05) is 44.2 Å². The van der Waals surface area contributed by atoms with Gasteiger partial charge in [0, 0.05) is 51.0 Å². The number of piperazine rings is 2. The summed E-state index contributed by atoms with van der Waals surface area (Å²) in [5, 5.41) is 12.3. The molecule has 2 aliphatic heterocycles. The van der Waals surface area contributed by atoms with Gasteiger partial charge >= 0.3 is 0 Å². The quantitative estimate of drug-likeness (QED) is 0.785. The van der Waals surface area contributed by atoms with Crippen LogP contribution in [0.2, 0.25) is 0 Å². The fourth-order valence-electron chi connectivity index (χ4n) is 2.85. The van der Waals surface area contributed by atoms with Crippen LogP contribution in [0.3, 0.4) is 0 Å². The predicted molar refractivity (Wildman–Crippen MR) is 71.6 cm³/mol. The van der Waals surface area contributed by atoms with E-state index in [9.17, 15) is 0 Å². The van der Waals surface area contributed by atoms with Crippen LogP contribution in [0.15, 0.2) is 24.3 Å². The lowest BCUT2D eigenvalue weighted by molar-refractivity contribution is 0.146. The average molecular weight is 242 g/mol. The van der Waals surface area contributed by atoms with Gasteiger partial charge in [0.15, 0.2) is 0 Å². The molecule has 0 bridgehead atoms. The normalized spacial score (nSPS) is 24.4. The number of hydrogen-bond acceptors (Lipinski definition) is 4. The van der Waals surface area contributed by atoms with E-state index in [4.69, 9.17) is 5.26 Å². The van der Waals surface area contributed by atoms with Crippen molar-refractivity contribution in [2.24, 2.45) is 0 Å². The second-order valence-corrected chi connectivity index (χ2v) is 5.00. The van der Waals surface area contributed by atoms with Crippen LogP contribution in [0, 0.1) is 11.3 Å². The number of hydrogen-bond donors (Lipinski definition) is 1. The van der Waals surface area contributed by atoms with Crippen molar-refractivity contribution in [3.05, 3.63) is 29.8 Å². The topological polar surface area (TPSA) is 42.3 Å². The van der Waals surface area contributed by atoms with Crippen LogP contribution in [0.4, 0.5) is 5.69 Å². The lowest BCUT2D eigenvalue weighted by Gasteiger charge is -2.45. The van der Waals surface area contributed by atoms with E-state index < -0.39 is 0 Å². The zero-order valence-corrected chi connectivity index (χ0v) is 10.5. The second kappa shape index (κ2) is 4.97. The van der Waals surface area contributed by atoms with E-state index >= 15 is 0 Å². The van der Waals surface area contributed by atoms with Crippen molar-refractivity contribution in [1.82, 2.24) is 10.2 Å². The number of nitriles is 1. The summed E-state index contributed by atoms with van der Waals surface area (Å²) >= 11 is 0. The van der Waals surface area contributed by atoms with Crippen LogP contribution < -0.4 is 10.2 Å². The molecule has 0 aromatic heterocycles. The molecule has 1 N–H and O–H groups in total. The minimum Gasteiger partial charge on any atom is -0.369 e. The molecule has 2 saturated heterocycles. The van der Waals surface area contributed by atoms with Crippen LogP contribution in [0.25, 0.3) is 0 Å². The number of nitrogens with zero attached hydrogens (tertiary/aromatic N) is 3. The van der Waals surface area contributed by atoms with Gasteiger partial charge in [0.25, 0.3) is 0 Å². The van der Waals surface area contributed by atoms with Crippen LogP contribution in [0.1, 0.15) is 5.56 Å². The molecule has 1 atom stereocenters. The van der Waals surface area contributed by atoms with Crippen molar-refractivity contribution in [3.63, 3.8) is 0 Å². The first-order valence-electron chi connectivity index (χ1n) is 6.57. The Bertz CT molecular complexity index is 448. The highest BCUT2D eigenvalue weighted by Gasteiger charge is 2.28. The molecule has 0 spiro atoms. The Morgan fingerprint density at radius 3 is 2.78 bits per heavy atom. The molecule has 0 aliphatic carbocycles. The molecule has 0 saturated carbocycles. The van der Waals surface area contributed by atoms with Gasteiger partial charge in [-0.05, 0) is 24.3 Å². The highest BCUT2D eigenvalue weighted by Crippen LogP contribution is 2.20. The van der Waals surface area contributed by atoms with Gasteiger partial charge in [-0.25, -0.2) is 0 Å². The minimum atomic E-state index is 0.628. The molecular formula is C14H18N4. The van der Waals surface area contributed by atoms with Crippen molar-refractivity contribution < 1.29 is 0 Å². The monoisotopic (exact) mass is 242 g/mol. The largest absolute Gasteiger partial charge is 0.369 e. The first-order valence-corrected chi connectivity index (χ1v) is 6.57. The molecule has 2 fully saturated rings. The first-order chi connectivity index (χ1) is 8.86. The van der Waals surface area contributed by atoms with Crippen molar-refractivity contribution in [2.45, 2.75) is 6.04 Å². The summed E-state index contributed by atoms with van der Waals surface area (Å²) in [6.07, 6.45) is 0. The highest BCUT2D eigenvalue weighted by molar-refractivity contribution is 5.50. The predicted octanol–water partition coefficient (Wildman–Crippen LogP) is 0.652. The molecule has 4 heteroatoms. The standard InChI is InChI=1S/C14H18N4/c15-9-12-1-3-13(4-2-12)18-8-7-17-6-5-16-10-14(17)11-18/h1-4,14,16H,5-8,10-11H2. The van der Waals surface area contributed by atoms with Gasteiger partial charge in [-0.1, -0.05) is 0 Å². The Balaban J connectivity index is 1.71. The molecule has 1 aromatic carbocycles. The van der Waals surface area contributed by atoms with Crippen LogP contribution >= 0.6 is 0 Å². The lowest BCUT2D eigenvalue weighted by atomic mass is 10.1. The van der Waals surface area contributed by atoms with Crippen molar-refractivity contribution >= 4 is 5.69 Å². The SMILES string of the molecule is N#Cc1ccc(N2CCN3CCNCC3C2)cc1. The fraction of sp³-hybridized carbons (Fsp3) is 0.500. The van der Waals surface area contributed by atoms with Gasteiger partial charge in [-0.3, -0.25) is 4.90 Å². The molecule has 4 nitrogen and oxygen atoms in total. The summed E-state index contributed by atoms with van der Waals surface area (Å²) < 4.78 is 0. The third-order valence-electron chi connectivity index (χ3n) is 3.92. The molecule has 2 heterocycles. The van der Waals surface area contributed by atoms with E-state index in [1.807, 2.05) is 12.1 Å². The molecule has 94 valence electrons. The van der Waals surface area contributed by atoms with Gasteiger partial charge in [0.2, 0.25) is 0 Å². The third kappa shape index (κ3) is 2.20. The Labute approximate surface area is 108 Å². The van der Waals surface area contributed by atoms with Gasteiger partial charge in [0.1, 0.15) is 0 Å². The third-order valence-corrected chi connectivity index (χ3v) is 3.92.